The van der Waals surface area contributed by atoms with Gasteiger partial charge < -0.3 is 22.4 Å². The number of esters is 1. The first-order chi connectivity index (χ1) is 8.95. The fraction of sp³-hybridized carbons (Fsp3) is 0.455. The zero-order valence-electron chi connectivity index (χ0n) is 11.4. The van der Waals surface area contributed by atoms with Gasteiger partial charge in [-0.1, -0.05) is 11.5 Å². The molecule has 0 amide bonds. The second-order valence-electron chi connectivity index (χ2n) is 5.08. The summed E-state index contributed by atoms with van der Waals surface area (Å²) in [5.41, 5.74) is -2.51. The van der Waals surface area contributed by atoms with Crippen LogP contribution in [0.4, 0.5) is 17.7 Å². The van der Waals surface area contributed by atoms with Crippen LogP contribution >= 0.6 is 0 Å². The molecule has 20 heavy (non-hydrogen) atoms. The normalized spacial score (nSPS) is 12.2. The van der Waals surface area contributed by atoms with Gasteiger partial charge in [-0.05, 0) is 27.0 Å². The molecule has 5 nitrogen and oxygen atoms in total. The van der Waals surface area contributed by atoms with E-state index in [0.717, 1.165) is 7.11 Å². The SMILES string of the molecule is COC(=O)c1cc([B-](F)(F)F)cn1C(=O)OC(C)(C)C. The summed E-state index contributed by atoms with van der Waals surface area (Å²) in [5.74, 6) is -1.05. The topological polar surface area (TPSA) is 57.5 Å². The van der Waals surface area contributed by atoms with Crippen molar-refractivity contribution < 1.29 is 32.0 Å². The molecule has 0 bridgehead atoms. The van der Waals surface area contributed by atoms with Gasteiger partial charge in [0.15, 0.2) is 0 Å². The Bertz CT molecular complexity index is 531. The molecule has 0 saturated carbocycles. The van der Waals surface area contributed by atoms with E-state index in [9.17, 15) is 22.5 Å². The van der Waals surface area contributed by atoms with Crippen LogP contribution in [0.5, 0.6) is 0 Å². The summed E-state index contributed by atoms with van der Waals surface area (Å²) in [6, 6.07) is 0.565. The molecule has 0 aliphatic rings. The molecule has 1 aromatic heterocycles. The lowest BCUT2D eigenvalue weighted by Crippen LogP contribution is -2.33. The molecular formula is C11H14BF3NO4-. The fourth-order valence-electron chi connectivity index (χ4n) is 1.39. The summed E-state index contributed by atoms with van der Waals surface area (Å²) in [7, 11) is 1.01. The van der Waals surface area contributed by atoms with E-state index in [1.54, 1.807) is 20.8 Å². The lowest BCUT2D eigenvalue weighted by Gasteiger charge is -2.20. The molecule has 0 aliphatic heterocycles. The highest BCUT2D eigenvalue weighted by atomic mass is 19.4. The first kappa shape index (κ1) is 16.1. The van der Waals surface area contributed by atoms with E-state index in [1.165, 1.54) is 0 Å². The Morgan fingerprint density at radius 3 is 2.20 bits per heavy atom. The van der Waals surface area contributed by atoms with Gasteiger partial charge in [0.25, 0.3) is 0 Å². The summed E-state index contributed by atoms with van der Waals surface area (Å²) in [6.07, 6.45) is -0.551. The van der Waals surface area contributed by atoms with Crippen LogP contribution in [0, 0.1) is 0 Å². The standard InChI is InChI=1S/C11H14BF3NO4/c1-11(2,3)20-10(18)16-6-7(12(13,14)15)5-8(16)9(17)19-4/h5-6H,1-4H3/q-1. The molecule has 1 rings (SSSR count). The number of carbonyl (C=O) groups is 2. The van der Waals surface area contributed by atoms with E-state index in [-0.39, 0.29) is 0 Å². The van der Waals surface area contributed by atoms with Gasteiger partial charge in [-0.15, -0.1) is 0 Å². The quantitative estimate of drug-likeness (QED) is 0.619. The number of halogens is 3. The predicted octanol–water partition coefficient (Wildman–Crippen LogP) is 2.11. The minimum atomic E-state index is -5.34. The van der Waals surface area contributed by atoms with Crippen molar-refractivity contribution in [3.8, 4) is 0 Å². The minimum Gasteiger partial charge on any atom is -0.464 e. The van der Waals surface area contributed by atoms with E-state index in [0.29, 0.717) is 16.8 Å². The highest BCUT2D eigenvalue weighted by molar-refractivity contribution is 6.73. The highest BCUT2D eigenvalue weighted by Crippen LogP contribution is 2.15. The number of rotatable bonds is 2. The summed E-state index contributed by atoms with van der Waals surface area (Å²) in [6.45, 7) is -0.672. The molecule has 0 saturated heterocycles. The van der Waals surface area contributed by atoms with Crippen LogP contribution in [0.1, 0.15) is 31.3 Å². The number of hydrogen-bond acceptors (Lipinski definition) is 4. The Balaban J connectivity index is 3.26. The lowest BCUT2D eigenvalue weighted by molar-refractivity contribution is 0.0483. The third kappa shape index (κ3) is 3.78. The van der Waals surface area contributed by atoms with Gasteiger partial charge in [-0.3, -0.25) is 0 Å². The zero-order valence-corrected chi connectivity index (χ0v) is 11.4. The minimum absolute atomic E-state index is 0.502. The second-order valence-corrected chi connectivity index (χ2v) is 5.08. The maximum absolute atomic E-state index is 12.7. The molecular weight excluding hydrogens is 278 g/mol. The van der Waals surface area contributed by atoms with Crippen LogP contribution in [0.3, 0.4) is 0 Å². The average Bonchev–Trinajstić information content (AvgIpc) is 2.69. The van der Waals surface area contributed by atoms with Crippen molar-refractivity contribution >= 4 is 24.5 Å². The van der Waals surface area contributed by atoms with Gasteiger partial charge in [0.2, 0.25) is 0 Å². The number of hydrogen-bond donors (Lipinski definition) is 0. The van der Waals surface area contributed by atoms with Crippen LogP contribution in [0.25, 0.3) is 0 Å². The molecule has 0 atom stereocenters. The molecule has 1 aromatic rings. The van der Waals surface area contributed by atoms with Gasteiger partial charge in [-0.25, -0.2) is 14.2 Å². The molecule has 0 spiro atoms. The number of aromatic nitrogens is 1. The van der Waals surface area contributed by atoms with Crippen molar-refractivity contribution in [1.82, 2.24) is 4.57 Å². The number of methoxy groups -OCH3 is 1. The molecule has 112 valence electrons. The number of nitrogens with zero attached hydrogens (tertiary/aromatic N) is 1. The molecule has 0 N–H and O–H groups in total. The van der Waals surface area contributed by atoms with Gasteiger partial charge in [0.1, 0.15) is 11.3 Å². The maximum atomic E-state index is 12.7. The second kappa shape index (κ2) is 5.22. The molecule has 0 fully saturated rings. The van der Waals surface area contributed by atoms with E-state index < -0.39 is 35.8 Å². The first-order valence-corrected chi connectivity index (χ1v) is 5.69. The zero-order chi connectivity index (χ0) is 15.7. The van der Waals surface area contributed by atoms with Crippen LogP contribution in [0.15, 0.2) is 12.3 Å². The van der Waals surface area contributed by atoms with E-state index in [1.807, 2.05) is 0 Å². The Labute approximate surface area is 113 Å². The van der Waals surface area contributed by atoms with Crippen LogP contribution < -0.4 is 5.46 Å². The molecule has 0 aromatic carbocycles. The van der Waals surface area contributed by atoms with Crippen molar-refractivity contribution in [3.05, 3.63) is 18.0 Å². The fourth-order valence-corrected chi connectivity index (χ4v) is 1.39. The summed E-state index contributed by atoms with van der Waals surface area (Å²) in [4.78, 5) is 23.2. The summed E-state index contributed by atoms with van der Waals surface area (Å²) in [5, 5.41) is 0. The number of carbonyl (C=O) groups excluding carboxylic acids is 2. The Morgan fingerprint density at radius 2 is 1.80 bits per heavy atom. The van der Waals surface area contributed by atoms with Gasteiger partial charge in [0.05, 0.1) is 7.11 Å². The van der Waals surface area contributed by atoms with Gasteiger partial charge >= 0.3 is 19.0 Å². The Hall–Kier alpha value is -1.93. The van der Waals surface area contributed by atoms with E-state index in [2.05, 4.69) is 4.74 Å². The van der Waals surface area contributed by atoms with Crippen LogP contribution in [-0.2, 0) is 9.47 Å². The summed E-state index contributed by atoms with van der Waals surface area (Å²) >= 11 is 0. The van der Waals surface area contributed by atoms with E-state index in [4.69, 9.17) is 4.74 Å². The van der Waals surface area contributed by atoms with Crippen LogP contribution in [0.2, 0.25) is 0 Å². The molecule has 1 heterocycles. The largest absolute Gasteiger partial charge is 0.511 e. The third-order valence-corrected chi connectivity index (χ3v) is 2.20. The maximum Gasteiger partial charge on any atom is 0.511 e. The molecule has 0 unspecified atom stereocenters. The molecule has 0 aliphatic carbocycles. The highest BCUT2D eigenvalue weighted by Gasteiger charge is 2.31. The first-order valence-electron chi connectivity index (χ1n) is 5.69. The van der Waals surface area contributed by atoms with Crippen molar-refractivity contribution in [1.29, 1.82) is 0 Å². The third-order valence-electron chi connectivity index (χ3n) is 2.20. The lowest BCUT2D eigenvalue weighted by atomic mass is 9.82. The Morgan fingerprint density at radius 1 is 1.25 bits per heavy atom. The average molecular weight is 292 g/mol. The summed E-state index contributed by atoms with van der Waals surface area (Å²) < 4.78 is 47.9. The van der Waals surface area contributed by atoms with Crippen molar-refractivity contribution in [2.45, 2.75) is 26.4 Å². The van der Waals surface area contributed by atoms with Gasteiger partial charge in [-0.2, -0.15) is 0 Å². The number of ether oxygens (including phenoxy) is 2. The van der Waals surface area contributed by atoms with Crippen molar-refractivity contribution in [2.75, 3.05) is 7.11 Å². The van der Waals surface area contributed by atoms with Gasteiger partial charge in [0, 0.05) is 0 Å². The Kier molecular flexibility index (Phi) is 4.21. The predicted molar refractivity (Wildman–Crippen MR) is 66.1 cm³/mol. The molecule has 9 heteroatoms. The molecule has 0 radical (unpaired) electrons. The van der Waals surface area contributed by atoms with E-state index >= 15 is 0 Å². The van der Waals surface area contributed by atoms with Crippen molar-refractivity contribution in [3.63, 3.8) is 0 Å². The smallest absolute Gasteiger partial charge is 0.464 e. The van der Waals surface area contributed by atoms with Crippen molar-refractivity contribution in [2.24, 2.45) is 0 Å². The monoisotopic (exact) mass is 292 g/mol. The van der Waals surface area contributed by atoms with Crippen LogP contribution in [-0.4, -0.2) is 36.3 Å².